The Hall–Kier alpha value is 1.74. The molecule has 7 heavy (non-hydrogen) atoms. The monoisotopic (exact) mass is 307 g/mol. The summed E-state index contributed by atoms with van der Waals surface area (Å²) in [5.41, 5.74) is 0. The molecule has 0 aromatic carbocycles. The van der Waals surface area contributed by atoms with Crippen LogP contribution in [0.15, 0.2) is 0 Å². The van der Waals surface area contributed by atoms with Crippen molar-refractivity contribution < 1.29 is 0 Å². The fourth-order valence-electron chi connectivity index (χ4n) is 0. The van der Waals surface area contributed by atoms with E-state index in [2.05, 4.69) is 21.0 Å². The fraction of sp³-hybridized carbons (Fsp3) is 0.800. The molecule has 0 saturated heterocycles. The van der Waals surface area contributed by atoms with Gasteiger partial charge in [-0.3, -0.25) is 0 Å². The third kappa shape index (κ3) is 84.2. The first-order valence-electron chi connectivity index (χ1n) is 2.44. The second-order valence-electron chi connectivity index (χ2n) is 1.73. The van der Waals surface area contributed by atoms with Gasteiger partial charge in [-0.1, -0.05) is 13.8 Å². The van der Waals surface area contributed by atoms with Crippen molar-refractivity contribution in [2.75, 3.05) is 0 Å². The molecular formula is C5H17In2. The summed E-state index contributed by atoms with van der Waals surface area (Å²) in [7, 11) is 0. The van der Waals surface area contributed by atoms with E-state index in [9.17, 15) is 0 Å². The molecule has 2 heteroatoms. The van der Waals surface area contributed by atoms with Gasteiger partial charge in [0.15, 0.2) is 0 Å². The van der Waals surface area contributed by atoms with E-state index in [4.69, 9.17) is 0 Å². The second kappa shape index (κ2) is 15.6. The van der Waals surface area contributed by atoms with Crippen molar-refractivity contribution in [3.8, 4) is 0 Å². The minimum atomic E-state index is -0.637. The van der Waals surface area contributed by atoms with Crippen LogP contribution >= 0.6 is 0 Å². The van der Waals surface area contributed by atoms with Gasteiger partial charge in [0.1, 0.15) is 0 Å². The number of hydrogen-bond donors (Lipinski definition) is 0. The van der Waals surface area contributed by atoms with Gasteiger partial charge in [-0.05, 0) is 0 Å². The van der Waals surface area contributed by atoms with Gasteiger partial charge in [0.25, 0.3) is 0 Å². The van der Waals surface area contributed by atoms with Gasteiger partial charge in [-0.2, -0.15) is 0 Å². The molecule has 0 unspecified atom stereocenters. The molecule has 0 saturated carbocycles. The topological polar surface area (TPSA) is 0 Å². The summed E-state index contributed by atoms with van der Waals surface area (Å²) in [5, 5.41) is 0. The Kier molecular flexibility index (Phi) is 35.5. The predicted octanol–water partition coefficient (Wildman–Crippen LogP) is 1.03. The zero-order valence-electron chi connectivity index (χ0n) is 5.28. The van der Waals surface area contributed by atoms with Crippen LogP contribution in [0.4, 0.5) is 0 Å². The Morgan fingerprint density at radius 2 is 1.00 bits per heavy atom. The van der Waals surface area contributed by atoms with E-state index in [1.807, 2.05) is 0 Å². The van der Waals surface area contributed by atoms with E-state index in [-0.39, 0.29) is 25.8 Å². The molecule has 1 radical (unpaired) electrons. The summed E-state index contributed by atoms with van der Waals surface area (Å²) in [6, 6.07) is 0. The molecule has 0 bridgehead atoms. The van der Waals surface area contributed by atoms with Crippen LogP contribution in [0, 0.1) is 6.92 Å². The van der Waals surface area contributed by atoms with Crippen LogP contribution in [0.3, 0.4) is 0 Å². The van der Waals surface area contributed by atoms with E-state index in [1.54, 1.807) is 6.92 Å². The molecule has 0 heterocycles. The maximum absolute atomic E-state index is 3.25. The van der Waals surface area contributed by atoms with Gasteiger partial charge in [-0.15, -0.1) is 0 Å². The summed E-state index contributed by atoms with van der Waals surface area (Å²) in [4.78, 5) is 0. The molecule has 0 rings (SSSR count). The summed E-state index contributed by atoms with van der Waals surface area (Å²) < 4.78 is 7.13. The minimum absolute atomic E-state index is 0. The Labute approximate surface area is 74.4 Å². The Bertz CT molecular complexity index is 10.8. The van der Waals surface area contributed by atoms with Crippen LogP contribution in [0.1, 0.15) is 6.92 Å². The average Bonchev–Trinajstić information content (AvgIpc) is 1.41. The van der Waals surface area contributed by atoms with Crippen molar-refractivity contribution in [1.82, 2.24) is 0 Å². The molecule has 0 aliphatic rings. The molecule has 0 aliphatic heterocycles. The van der Waals surface area contributed by atoms with Gasteiger partial charge >= 0.3 is 61.3 Å². The first-order valence-corrected chi connectivity index (χ1v) is 12.3. The van der Waals surface area contributed by atoms with Crippen LogP contribution in [-0.2, 0) is 0 Å². The zero-order chi connectivity index (χ0) is 5.58. The van der Waals surface area contributed by atoms with Crippen molar-refractivity contribution in [1.29, 1.82) is 0 Å². The average molecular weight is 307 g/mol. The quantitative estimate of drug-likeness (QED) is 0.627. The summed E-state index contributed by atoms with van der Waals surface area (Å²) in [5.74, 6) is 0. The van der Waals surface area contributed by atoms with Gasteiger partial charge < -0.3 is 0 Å². The fourth-order valence-corrected chi connectivity index (χ4v) is 0. The second-order valence-corrected chi connectivity index (χ2v) is 11.6. The summed E-state index contributed by atoms with van der Waals surface area (Å²) >= 11 is -0.637. The molecule has 0 nitrogen and oxygen atoms in total. The first kappa shape index (κ1) is 15.9. The van der Waals surface area contributed by atoms with Crippen LogP contribution < -0.4 is 0 Å². The van der Waals surface area contributed by atoms with Crippen molar-refractivity contribution in [2.24, 2.45) is 0 Å². The van der Waals surface area contributed by atoms with Crippen LogP contribution in [0.25, 0.3) is 0 Å². The third-order valence-corrected chi connectivity index (χ3v) is 0. The van der Waals surface area contributed by atoms with E-state index >= 15 is 0 Å². The van der Waals surface area contributed by atoms with Crippen molar-refractivity contribution in [2.45, 2.75) is 21.0 Å². The third-order valence-electron chi connectivity index (χ3n) is 0. The predicted molar refractivity (Wildman–Crippen MR) is 44.3 cm³/mol. The molecule has 0 amide bonds. The molecule has 0 fully saturated rings. The SMILES string of the molecule is [CH2]C.[CH3][In]([CH3])[CH3].[InH3]. The van der Waals surface area contributed by atoms with E-state index < -0.39 is 21.4 Å². The van der Waals surface area contributed by atoms with Crippen LogP contribution in [0.5, 0.6) is 0 Å². The Balaban J connectivity index is -0.0000000480. The molecule has 0 aliphatic carbocycles. The molecule has 0 aromatic heterocycles. The van der Waals surface area contributed by atoms with Gasteiger partial charge in [-0.25, -0.2) is 0 Å². The molecule has 0 spiro atoms. The van der Waals surface area contributed by atoms with Gasteiger partial charge in [0.2, 0.25) is 0 Å². The van der Waals surface area contributed by atoms with E-state index in [0.717, 1.165) is 0 Å². The van der Waals surface area contributed by atoms with E-state index in [1.165, 1.54) is 0 Å². The van der Waals surface area contributed by atoms with Gasteiger partial charge in [0, 0.05) is 0 Å². The van der Waals surface area contributed by atoms with Crippen LogP contribution in [-0.4, -0.2) is 47.3 Å². The van der Waals surface area contributed by atoms with Crippen LogP contribution in [0.2, 0.25) is 14.0 Å². The summed E-state index contributed by atoms with van der Waals surface area (Å²) in [6.45, 7) is 5.00. The summed E-state index contributed by atoms with van der Waals surface area (Å²) in [6.07, 6.45) is 0. The zero-order valence-corrected chi connectivity index (χ0v) is 8.58. The first-order chi connectivity index (χ1) is 2.73. The number of hydrogen-bond acceptors (Lipinski definition) is 0. The molecule has 0 atom stereocenters. The molecule has 0 aromatic rings. The molecule has 0 N–H and O–H groups in total. The normalized spacial score (nSPS) is 4.71. The van der Waals surface area contributed by atoms with Crippen molar-refractivity contribution >= 4 is 47.3 Å². The molecule has 43 valence electrons. The molecular weight excluding hydrogens is 290 g/mol. The van der Waals surface area contributed by atoms with E-state index in [0.29, 0.717) is 0 Å². The Morgan fingerprint density at radius 1 is 1.00 bits per heavy atom. The van der Waals surface area contributed by atoms with Crippen molar-refractivity contribution in [3.63, 3.8) is 0 Å². The Morgan fingerprint density at radius 3 is 1.00 bits per heavy atom. The number of rotatable bonds is 0. The maximum atomic E-state index is 3.25. The van der Waals surface area contributed by atoms with Gasteiger partial charge in [0.05, 0.1) is 0 Å². The van der Waals surface area contributed by atoms with Crippen molar-refractivity contribution in [3.05, 3.63) is 6.92 Å². The standard InChI is InChI=1S/C2H5.3CH3.2In.3H/c1-2;;;;;;;;/h1H2,2H3;3*1H3;;;;;.